The predicted molar refractivity (Wildman–Crippen MR) is 125 cm³/mol. The summed E-state index contributed by atoms with van der Waals surface area (Å²) in [5.74, 6) is 1.25. The number of amides is 1. The van der Waals surface area contributed by atoms with E-state index in [-0.39, 0.29) is 11.3 Å². The summed E-state index contributed by atoms with van der Waals surface area (Å²) in [5, 5.41) is 3.03. The number of hydrogen-bond acceptors (Lipinski definition) is 2. The Morgan fingerprint density at radius 3 is 2.50 bits per heavy atom. The lowest BCUT2D eigenvalue weighted by Gasteiger charge is -2.17. The van der Waals surface area contributed by atoms with Crippen LogP contribution in [0.15, 0.2) is 60.7 Å². The molecule has 1 N–H and O–H groups in total. The number of carbonyl (C=O) groups is 1. The summed E-state index contributed by atoms with van der Waals surface area (Å²) in [6, 6.07) is 18.7. The quantitative estimate of drug-likeness (QED) is 0.471. The number of para-hydroxylation sites is 2. The molecular weight excluding hydrogens is 370 g/mol. The van der Waals surface area contributed by atoms with Crippen molar-refractivity contribution >= 4 is 23.0 Å². The summed E-state index contributed by atoms with van der Waals surface area (Å²) >= 11 is 0. The molecule has 30 heavy (non-hydrogen) atoms. The van der Waals surface area contributed by atoms with Crippen molar-refractivity contribution in [3.63, 3.8) is 0 Å². The molecule has 0 bridgehead atoms. The van der Waals surface area contributed by atoms with Crippen LogP contribution >= 0.6 is 0 Å². The second kappa shape index (κ2) is 10.2. The minimum Gasteiger partial charge on any atom is -0.356 e. The summed E-state index contributed by atoms with van der Waals surface area (Å²) in [4.78, 5) is 16.8. The van der Waals surface area contributed by atoms with Crippen molar-refractivity contribution in [3.8, 4) is 0 Å². The van der Waals surface area contributed by atoms with Gasteiger partial charge in [0, 0.05) is 24.9 Å². The maximum absolute atomic E-state index is 11.9. The molecule has 158 valence electrons. The second-order valence-corrected chi connectivity index (χ2v) is 8.76. The van der Waals surface area contributed by atoms with Gasteiger partial charge in [-0.05, 0) is 30.5 Å². The number of benzene rings is 2. The van der Waals surface area contributed by atoms with Crippen LogP contribution in [-0.4, -0.2) is 22.0 Å². The number of fused-ring (bicyclic) bond motifs is 1. The van der Waals surface area contributed by atoms with Crippen LogP contribution in [0.3, 0.4) is 0 Å². The topological polar surface area (TPSA) is 46.9 Å². The Bertz CT molecular complexity index is 980. The highest BCUT2D eigenvalue weighted by Crippen LogP contribution is 2.18. The van der Waals surface area contributed by atoms with Gasteiger partial charge in [0.1, 0.15) is 5.82 Å². The number of hydrogen-bond donors (Lipinski definition) is 1. The third-order valence-corrected chi connectivity index (χ3v) is 5.18. The van der Waals surface area contributed by atoms with Crippen LogP contribution in [0.25, 0.3) is 17.1 Å². The van der Waals surface area contributed by atoms with Crippen LogP contribution in [0.1, 0.15) is 51.4 Å². The minimum atomic E-state index is -0.321. The van der Waals surface area contributed by atoms with E-state index in [2.05, 4.69) is 64.5 Å². The van der Waals surface area contributed by atoms with Crippen molar-refractivity contribution in [3.05, 3.63) is 72.1 Å². The molecule has 1 aromatic heterocycles. The van der Waals surface area contributed by atoms with Gasteiger partial charge in [-0.1, -0.05) is 81.8 Å². The molecular formula is C26H33N3O. The van der Waals surface area contributed by atoms with Crippen molar-refractivity contribution in [2.75, 3.05) is 6.54 Å². The third-order valence-electron chi connectivity index (χ3n) is 5.18. The molecule has 0 atom stereocenters. The molecule has 1 heterocycles. The number of nitrogens with zero attached hydrogens (tertiary/aromatic N) is 2. The van der Waals surface area contributed by atoms with Crippen molar-refractivity contribution in [2.24, 2.45) is 5.41 Å². The van der Waals surface area contributed by atoms with E-state index in [1.54, 1.807) is 0 Å². The van der Waals surface area contributed by atoms with E-state index < -0.39 is 0 Å². The van der Waals surface area contributed by atoms with Crippen LogP contribution in [0, 0.1) is 5.41 Å². The number of nitrogens with one attached hydrogen (secondary N) is 1. The first kappa shape index (κ1) is 21.8. The third kappa shape index (κ3) is 6.06. The molecule has 0 fully saturated rings. The number of rotatable bonds is 9. The fraction of sp³-hybridized carbons (Fsp3) is 0.385. The summed E-state index contributed by atoms with van der Waals surface area (Å²) in [6.45, 7) is 7.38. The zero-order chi connectivity index (χ0) is 21.4. The summed E-state index contributed by atoms with van der Waals surface area (Å²) in [5.41, 5.74) is 3.12. The van der Waals surface area contributed by atoms with Crippen LogP contribution in [0.4, 0.5) is 0 Å². The number of carbonyl (C=O) groups excluding carboxylic acids is 1. The summed E-state index contributed by atoms with van der Waals surface area (Å²) < 4.78 is 2.32. The van der Waals surface area contributed by atoms with E-state index in [1.807, 2.05) is 32.9 Å². The molecule has 3 aromatic rings. The molecule has 0 unspecified atom stereocenters. The van der Waals surface area contributed by atoms with E-state index in [0.29, 0.717) is 0 Å². The Morgan fingerprint density at radius 1 is 1.00 bits per heavy atom. The van der Waals surface area contributed by atoms with E-state index >= 15 is 0 Å². The van der Waals surface area contributed by atoms with Gasteiger partial charge >= 0.3 is 0 Å². The monoisotopic (exact) mass is 403 g/mol. The summed E-state index contributed by atoms with van der Waals surface area (Å²) in [6.07, 6.45) is 8.45. The molecule has 0 saturated carbocycles. The Labute approximate surface area is 180 Å². The van der Waals surface area contributed by atoms with Crippen molar-refractivity contribution in [1.29, 1.82) is 0 Å². The number of unbranched alkanes of at least 4 members (excludes halogenated alkanes) is 2. The zero-order valence-corrected chi connectivity index (χ0v) is 18.4. The van der Waals surface area contributed by atoms with Gasteiger partial charge in [0.05, 0.1) is 11.0 Å². The molecule has 1 amide bonds. The molecule has 0 spiro atoms. The van der Waals surface area contributed by atoms with Gasteiger partial charge in [0.2, 0.25) is 5.91 Å². The SMILES string of the molecule is CC(C)(C)C(=O)NCCCCCc1nc2ccccc2n1C/C=C/c1ccccc1. The molecule has 3 rings (SSSR count). The van der Waals surface area contributed by atoms with Gasteiger partial charge in [-0.3, -0.25) is 4.79 Å². The lowest BCUT2D eigenvalue weighted by molar-refractivity contribution is -0.128. The first-order chi connectivity index (χ1) is 14.4. The highest BCUT2D eigenvalue weighted by molar-refractivity contribution is 5.81. The van der Waals surface area contributed by atoms with Crippen LogP contribution in [0.2, 0.25) is 0 Å². The van der Waals surface area contributed by atoms with Crippen LogP contribution in [0.5, 0.6) is 0 Å². The zero-order valence-electron chi connectivity index (χ0n) is 18.4. The molecule has 0 aliphatic rings. The minimum absolute atomic E-state index is 0.120. The van der Waals surface area contributed by atoms with E-state index in [4.69, 9.17) is 4.98 Å². The van der Waals surface area contributed by atoms with E-state index in [0.717, 1.165) is 50.1 Å². The van der Waals surface area contributed by atoms with Crippen molar-refractivity contribution in [1.82, 2.24) is 14.9 Å². The van der Waals surface area contributed by atoms with Gasteiger partial charge in [-0.15, -0.1) is 0 Å². The maximum atomic E-state index is 11.9. The maximum Gasteiger partial charge on any atom is 0.225 e. The fourth-order valence-electron chi connectivity index (χ4n) is 3.43. The Kier molecular flexibility index (Phi) is 7.45. The number of allylic oxidation sites excluding steroid dienone is 1. The summed E-state index contributed by atoms with van der Waals surface area (Å²) in [7, 11) is 0. The number of aromatic nitrogens is 2. The van der Waals surface area contributed by atoms with Crippen molar-refractivity contribution in [2.45, 2.75) is 53.0 Å². The average molecular weight is 404 g/mol. The highest BCUT2D eigenvalue weighted by Gasteiger charge is 2.20. The fourth-order valence-corrected chi connectivity index (χ4v) is 3.43. The highest BCUT2D eigenvalue weighted by atomic mass is 16.2. The number of aryl methyl sites for hydroxylation is 1. The van der Waals surface area contributed by atoms with E-state index in [1.165, 1.54) is 11.1 Å². The molecule has 4 nitrogen and oxygen atoms in total. The van der Waals surface area contributed by atoms with Crippen LogP contribution in [-0.2, 0) is 17.8 Å². The van der Waals surface area contributed by atoms with Crippen molar-refractivity contribution < 1.29 is 4.79 Å². The lowest BCUT2D eigenvalue weighted by atomic mass is 9.96. The van der Waals surface area contributed by atoms with Gasteiger partial charge in [-0.2, -0.15) is 0 Å². The second-order valence-electron chi connectivity index (χ2n) is 8.76. The smallest absolute Gasteiger partial charge is 0.225 e. The van der Waals surface area contributed by atoms with E-state index in [9.17, 15) is 4.79 Å². The lowest BCUT2D eigenvalue weighted by Crippen LogP contribution is -2.35. The first-order valence-electron chi connectivity index (χ1n) is 10.9. The largest absolute Gasteiger partial charge is 0.356 e. The van der Waals surface area contributed by atoms with Gasteiger partial charge in [0.15, 0.2) is 0 Å². The molecule has 0 aliphatic carbocycles. The molecule has 0 radical (unpaired) electrons. The molecule has 2 aromatic carbocycles. The predicted octanol–water partition coefficient (Wildman–Crippen LogP) is 5.62. The molecule has 4 heteroatoms. The molecule has 0 saturated heterocycles. The Morgan fingerprint density at radius 2 is 1.73 bits per heavy atom. The Balaban J connectivity index is 1.57. The van der Waals surface area contributed by atoms with Crippen LogP contribution < -0.4 is 5.32 Å². The normalized spacial score (nSPS) is 12.0. The Hall–Kier alpha value is -2.88. The van der Waals surface area contributed by atoms with Gasteiger partial charge in [0.25, 0.3) is 0 Å². The standard InChI is InChI=1S/C26H33N3O/c1-26(2,3)25(30)27-19-11-5-8-18-24-28-22-16-9-10-17-23(22)29(24)20-12-15-21-13-6-4-7-14-21/h4,6-7,9-10,12-17H,5,8,11,18-20H2,1-3H3,(H,27,30)/b15-12+. The first-order valence-corrected chi connectivity index (χ1v) is 10.9. The average Bonchev–Trinajstić information content (AvgIpc) is 3.08. The molecule has 0 aliphatic heterocycles. The van der Waals surface area contributed by atoms with Gasteiger partial charge in [-0.25, -0.2) is 4.98 Å². The van der Waals surface area contributed by atoms with Gasteiger partial charge < -0.3 is 9.88 Å². The number of imidazole rings is 1.